The molecule has 1 aromatic rings. The van der Waals surface area contributed by atoms with Crippen molar-refractivity contribution in [1.82, 2.24) is 9.55 Å². The van der Waals surface area contributed by atoms with E-state index in [1.54, 1.807) is 4.57 Å². The molecule has 4 heteroatoms. The largest absolute Gasteiger partial charge is 0.297 e. The normalized spacial score (nSPS) is 10.8. The molecule has 3 nitrogen and oxygen atoms in total. The Bertz CT molecular complexity index is 415. The van der Waals surface area contributed by atoms with Crippen LogP contribution in [0.4, 0.5) is 0 Å². The minimum Gasteiger partial charge on any atom is -0.297 e. The van der Waals surface area contributed by atoms with Crippen molar-refractivity contribution in [3.63, 3.8) is 0 Å². The zero-order chi connectivity index (χ0) is 13.4. The molecule has 18 heavy (non-hydrogen) atoms. The van der Waals surface area contributed by atoms with E-state index in [1.807, 2.05) is 6.92 Å². The van der Waals surface area contributed by atoms with Gasteiger partial charge in [0.2, 0.25) is 0 Å². The highest BCUT2D eigenvalue weighted by Crippen LogP contribution is 2.08. The van der Waals surface area contributed by atoms with E-state index in [4.69, 9.17) is 11.6 Å². The van der Waals surface area contributed by atoms with E-state index < -0.39 is 0 Å². The topological polar surface area (TPSA) is 34.9 Å². The Kier molecular flexibility index (Phi) is 7.02. The van der Waals surface area contributed by atoms with E-state index in [1.165, 1.54) is 44.6 Å². The third kappa shape index (κ3) is 5.21. The van der Waals surface area contributed by atoms with Crippen LogP contribution in [0.2, 0.25) is 5.15 Å². The molecule has 0 aliphatic carbocycles. The first-order valence-electron chi connectivity index (χ1n) is 6.89. The van der Waals surface area contributed by atoms with Crippen LogP contribution in [-0.4, -0.2) is 9.55 Å². The van der Waals surface area contributed by atoms with E-state index in [-0.39, 0.29) is 10.7 Å². The fourth-order valence-electron chi connectivity index (χ4n) is 2.09. The SMILES string of the molecule is CCCCCCCCCn1c(C)nc(Cl)cc1=O. The van der Waals surface area contributed by atoms with Gasteiger partial charge in [0.05, 0.1) is 0 Å². The second-order valence-electron chi connectivity index (χ2n) is 4.74. The number of hydrogen-bond acceptors (Lipinski definition) is 2. The minimum atomic E-state index is -0.0431. The van der Waals surface area contributed by atoms with Crippen LogP contribution in [0.15, 0.2) is 10.9 Å². The molecular weight excluding hydrogens is 248 g/mol. The van der Waals surface area contributed by atoms with Crippen molar-refractivity contribution in [3.8, 4) is 0 Å². The molecule has 1 rings (SSSR count). The molecule has 0 saturated carbocycles. The zero-order valence-corrected chi connectivity index (χ0v) is 12.2. The summed E-state index contributed by atoms with van der Waals surface area (Å²) in [7, 11) is 0. The molecule has 0 amide bonds. The summed E-state index contributed by atoms with van der Waals surface area (Å²) in [6.07, 6.45) is 8.73. The molecular formula is C14H23ClN2O. The predicted octanol–water partition coefficient (Wildman–Crippen LogP) is 3.96. The summed E-state index contributed by atoms with van der Waals surface area (Å²) in [4.78, 5) is 15.8. The average molecular weight is 271 g/mol. The van der Waals surface area contributed by atoms with Gasteiger partial charge in [0.15, 0.2) is 0 Å². The first-order chi connectivity index (χ1) is 8.65. The van der Waals surface area contributed by atoms with Crippen LogP contribution >= 0.6 is 11.6 Å². The van der Waals surface area contributed by atoms with E-state index >= 15 is 0 Å². The van der Waals surface area contributed by atoms with Crippen LogP contribution in [0.1, 0.15) is 57.7 Å². The summed E-state index contributed by atoms with van der Waals surface area (Å²) in [6, 6.07) is 1.38. The molecule has 0 saturated heterocycles. The molecule has 0 aliphatic heterocycles. The fourth-order valence-corrected chi connectivity index (χ4v) is 2.30. The fraction of sp³-hybridized carbons (Fsp3) is 0.714. The third-order valence-electron chi connectivity index (χ3n) is 3.15. The Balaban J connectivity index is 2.30. The minimum absolute atomic E-state index is 0.0431. The summed E-state index contributed by atoms with van der Waals surface area (Å²) < 4.78 is 1.71. The Hall–Kier alpha value is -0.830. The second-order valence-corrected chi connectivity index (χ2v) is 5.12. The van der Waals surface area contributed by atoms with Gasteiger partial charge in [-0.05, 0) is 13.3 Å². The Morgan fingerprint density at radius 2 is 1.78 bits per heavy atom. The number of aromatic nitrogens is 2. The van der Waals surface area contributed by atoms with E-state index in [2.05, 4.69) is 11.9 Å². The molecule has 1 heterocycles. The molecule has 102 valence electrons. The van der Waals surface area contributed by atoms with Crippen molar-refractivity contribution in [2.75, 3.05) is 0 Å². The van der Waals surface area contributed by atoms with E-state index in [0.29, 0.717) is 5.82 Å². The molecule has 1 aromatic heterocycles. The van der Waals surface area contributed by atoms with Gasteiger partial charge in [-0.2, -0.15) is 0 Å². The van der Waals surface area contributed by atoms with Crippen molar-refractivity contribution in [2.24, 2.45) is 0 Å². The van der Waals surface area contributed by atoms with Crippen LogP contribution in [0, 0.1) is 6.92 Å². The Labute approximate surface area is 114 Å². The second kappa shape index (κ2) is 8.30. The summed E-state index contributed by atoms with van der Waals surface area (Å²) in [6.45, 7) is 4.81. The average Bonchev–Trinajstić information content (AvgIpc) is 2.30. The summed E-state index contributed by atoms with van der Waals surface area (Å²) in [5, 5.41) is 0.285. The van der Waals surface area contributed by atoms with Crippen LogP contribution in [0.25, 0.3) is 0 Å². The van der Waals surface area contributed by atoms with E-state index in [9.17, 15) is 4.79 Å². The molecule has 0 bridgehead atoms. The van der Waals surface area contributed by atoms with Gasteiger partial charge in [-0.1, -0.05) is 57.0 Å². The summed E-state index contributed by atoms with van der Waals surface area (Å²) in [5.41, 5.74) is -0.0431. The molecule has 0 spiro atoms. The van der Waals surface area contributed by atoms with Gasteiger partial charge in [0, 0.05) is 12.6 Å². The Morgan fingerprint density at radius 3 is 2.39 bits per heavy atom. The number of aryl methyl sites for hydroxylation is 1. The van der Waals surface area contributed by atoms with Crippen molar-refractivity contribution in [1.29, 1.82) is 0 Å². The quantitative estimate of drug-likeness (QED) is 0.529. The highest BCUT2D eigenvalue weighted by molar-refractivity contribution is 6.29. The predicted molar refractivity (Wildman–Crippen MR) is 76.2 cm³/mol. The molecule has 0 atom stereocenters. The monoisotopic (exact) mass is 270 g/mol. The van der Waals surface area contributed by atoms with Gasteiger partial charge in [0.25, 0.3) is 5.56 Å². The lowest BCUT2D eigenvalue weighted by molar-refractivity contribution is 0.531. The summed E-state index contributed by atoms with van der Waals surface area (Å²) >= 11 is 5.73. The molecule has 0 aliphatic rings. The van der Waals surface area contributed by atoms with Crippen LogP contribution in [0.3, 0.4) is 0 Å². The molecule has 0 aromatic carbocycles. The van der Waals surface area contributed by atoms with Crippen molar-refractivity contribution in [3.05, 3.63) is 27.4 Å². The number of unbranched alkanes of at least 4 members (excludes halogenated alkanes) is 6. The molecule has 0 N–H and O–H groups in total. The highest BCUT2D eigenvalue weighted by atomic mass is 35.5. The van der Waals surface area contributed by atoms with Gasteiger partial charge < -0.3 is 0 Å². The van der Waals surface area contributed by atoms with Gasteiger partial charge in [0.1, 0.15) is 11.0 Å². The third-order valence-corrected chi connectivity index (χ3v) is 3.35. The molecule has 0 unspecified atom stereocenters. The maximum absolute atomic E-state index is 11.7. The highest BCUT2D eigenvalue weighted by Gasteiger charge is 2.03. The van der Waals surface area contributed by atoms with Crippen molar-refractivity contribution in [2.45, 2.75) is 65.3 Å². The Morgan fingerprint density at radius 1 is 1.17 bits per heavy atom. The van der Waals surface area contributed by atoms with Crippen LogP contribution in [0.5, 0.6) is 0 Å². The first-order valence-corrected chi connectivity index (χ1v) is 7.27. The number of rotatable bonds is 8. The van der Waals surface area contributed by atoms with Crippen LogP contribution in [-0.2, 0) is 6.54 Å². The lowest BCUT2D eigenvalue weighted by atomic mass is 10.1. The lowest BCUT2D eigenvalue weighted by Crippen LogP contribution is -2.22. The van der Waals surface area contributed by atoms with E-state index in [0.717, 1.165) is 13.0 Å². The number of halogens is 1. The maximum Gasteiger partial charge on any atom is 0.254 e. The zero-order valence-electron chi connectivity index (χ0n) is 11.4. The lowest BCUT2D eigenvalue weighted by Gasteiger charge is -2.08. The van der Waals surface area contributed by atoms with Crippen LogP contribution < -0.4 is 5.56 Å². The van der Waals surface area contributed by atoms with Gasteiger partial charge in [-0.15, -0.1) is 0 Å². The molecule has 0 radical (unpaired) electrons. The first kappa shape index (κ1) is 15.2. The van der Waals surface area contributed by atoms with Gasteiger partial charge in [-0.3, -0.25) is 9.36 Å². The van der Waals surface area contributed by atoms with Crippen molar-refractivity contribution >= 4 is 11.6 Å². The number of hydrogen-bond donors (Lipinski definition) is 0. The van der Waals surface area contributed by atoms with Gasteiger partial charge in [-0.25, -0.2) is 4.98 Å². The van der Waals surface area contributed by atoms with Crippen molar-refractivity contribution < 1.29 is 0 Å². The number of nitrogens with zero attached hydrogens (tertiary/aromatic N) is 2. The van der Waals surface area contributed by atoms with Gasteiger partial charge >= 0.3 is 0 Å². The summed E-state index contributed by atoms with van der Waals surface area (Å²) in [5.74, 6) is 0.707. The standard InChI is InChI=1S/C14H23ClN2O/c1-3-4-5-6-7-8-9-10-17-12(2)16-13(15)11-14(17)18/h11H,3-10H2,1-2H3. The molecule has 0 fully saturated rings. The maximum atomic E-state index is 11.7. The smallest absolute Gasteiger partial charge is 0.254 e.